The van der Waals surface area contributed by atoms with Gasteiger partial charge in [-0.15, -0.1) is 0 Å². The second-order valence-corrected chi connectivity index (χ2v) is 4.87. The van der Waals surface area contributed by atoms with E-state index in [1.807, 2.05) is 12.1 Å². The van der Waals surface area contributed by atoms with Crippen molar-refractivity contribution >= 4 is 5.78 Å². The van der Waals surface area contributed by atoms with Crippen molar-refractivity contribution in [2.75, 3.05) is 13.1 Å². The van der Waals surface area contributed by atoms with Crippen molar-refractivity contribution < 1.29 is 4.79 Å². The van der Waals surface area contributed by atoms with E-state index in [1.165, 1.54) is 12.0 Å². The van der Waals surface area contributed by atoms with E-state index in [2.05, 4.69) is 24.4 Å². The lowest BCUT2D eigenvalue weighted by atomic mass is 9.86. The minimum absolute atomic E-state index is 0.140. The summed E-state index contributed by atoms with van der Waals surface area (Å²) in [6.07, 6.45) is 1.24. The van der Waals surface area contributed by atoms with Crippen LogP contribution in [0.3, 0.4) is 0 Å². The molecule has 1 heterocycles. The lowest BCUT2D eigenvalue weighted by Crippen LogP contribution is -2.33. The molecule has 0 aromatic heterocycles. The lowest BCUT2D eigenvalue weighted by molar-refractivity contribution is 0.101. The van der Waals surface area contributed by atoms with Crippen LogP contribution in [0.4, 0.5) is 0 Å². The fourth-order valence-corrected chi connectivity index (χ4v) is 2.40. The van der Waals surface area contributed by atoms with E-state index in [0.717, 1.165) is 24.6 Å². The van der Waals surface area contributed by atoms with E-state index in [-0.39, 0.29) is 5.78 Å². The SMILES string of the molecule is CC(=O)c1ccc(C2CNCC(C)C2)cc1. The first-order valence-electron chi connectivity index (χ1n) is 5.98. The van der Waals surface area contributed by atoms with Gasteiger partial charge in [0.2, 0.25) is 0 Å². The van der Waals surface area contributed by atoms with Gasteiger partial charge in [0.25, 0.3) is 0 Å². The van der Waals surface area contributed by atoms with E-state index < -0.39 is 0 Å². The van der Waals surface area contributed by atoms with Gasteiger partial charge in [-0.25, -0.2) is 0 Å². The maximum absolute atomic E-state index is 11.2. The van der Waals surface area contributed by atoms with Crippen LogP contribution in [0.1, 0.15) is 42.1 Å². The molecular weight excluding hydrogens is 198 g/mol. The molecule has 0 amide bonds. The van der Waals surface area contributed by atoms with Crippen LogP contribution in [0.2, 0.25) is 0 Å². The van der Waals surface area contributed by atoms with E-state index in [0.29, 0.717) is 5.92 Å². The number of nitrogens with one attached hydrogen (secondary N) is 1. The van der Waals surface area contributed by atoms with Crippen molar-refractivity contribution in [3.05, 3.63) is 35.4 Å². The molecule has 1 aliphatic rings. The number of hydrogen-bond donors (Lipinski definition) is 1. The molecule has 2 unspecified atom stereocenters. The van der Waals surface area contributed by atoms with Crippen LogP contribution < -0.4 is 5.32 Å². The highest BCUT2D eigenvalue weighted by molar-refractivity contribution is 5.94. The molecular formula is C14H19NO. The van der Waals surface area contributed by atoms with Gasteiger partial charge in [0, 0.05) is 12.1 Å². The number of benzene rings is 1. The Hall–Kier alpha value is -1.15. The summed E-state index contributed by atoms with van der Waals surface area (Å²) in [6, 6.07) is 8.08. The number of piperidine rings is 1. The molecule has 1 fully saturated rings. The second kappa shape index (κ2) is 4.79. The Kier molecular flexibility index (Phi) is 3.39. The molecule has 0 saturated carbocycles. The van der Waals surface area contributed by atoms with Crippen molar-refractivity contribution in [3.8, 4) is 0 Å². The van der Waals surface area contributed by atoms with Crippen molar-refractivity contribution in [2.24, 2.45) is 5.92 Å². The Morgan fingerprint density at radius 3 is 2.50 bits per heavy atom. The molecule has 2 nitrogen and oxygen atoms in total. The van der Waals surface area contributed by atoms with Gasteiger partial charge in [0.1, 0.15) is 0 Å². The fourth-order valence-electron chi connectivity index (χ4n) is 2.40. The maximum atomic E-state index is 11.2. The largest absolute Gasteiger partial charge is 0.316 e. The predicted molar refractivity (Wildman–Crippen MR) is 65.8 cm³/mol. The van der Waals surface area contributed by atoms with Gasteiger partial charge in [-0.3, -0.25) is 4.79 Å². The standard InChI is InChI=1S/C14H19NO/c1-10-7-14(9-15-8-10)13-5-3-12(4-6-13)11(2)16/h3-6,10,14-15H,7-9H2,1-2H3. The number of Topliss-reactive ketones (excluding diaryl/α,β-unsaturated/α-hetero) is 1. The average Bonchev–Trinajstić information content (AvgIpc) is 2.29. The third-order valence-corrected chi connectivity index (χ3v) is 3.36. The van der Waals surface area contributed by atoms with Gasteiger partial charge >= 0.3 is 0 Å². The molecule has 86 valence electrons. The summed E-state index contributed by atoms with van der Waals surface area (Å²) in [5, 5.41) is 3.45. The first-order chi connectivity index (χ1) is 7.66. The molecule has 0 radical (unpaired) electrons. The van der Waals surface area contributed by atoms with E-state index >= 15 is 0 Å². The third-order valence-electron chi connectivity index (χ3n) is 3.36. The van der Waals surface area contributed by atoms with E-state index in [1.54, 1.807) is 6.92 Å². The Morgan fingerprint density at radius 2 is 1.94 bits per heavy atom. The first-order valence-corrected chi connectivity index (χ1v) is 5.98. The van der Waals surface area contributed by atoms with Crippen LogP contribution >= 0.6 is 0 Å². The maximum Gasteiger partial charge on any atom is 0.159 e. The summed E-state index contributed by atoms with van der Waals surface area (Å²) in [6.45, 7) is 6.08. The van der Waals surface area contributed by atoms with Crippen LogP contribution in [0, 0.1) is 5.92 Å². The van der Waals surface area contributed by atoms with E-state index in [4.69, 9.17) is 0 Å². The summed E-state index contributed by atoms with van der Waals surface area (Å²) in [4.78, 5) is 11.2. The van der Waals surface area contributed by atoms with Gasteiger partial charge in [-0.2, -0.15) is 0 Å². The Morgan fingerprint density at radius 1 is 1.25 bits per heavy atom. The van der Waals surface area contributed by atoms with Crippen LogP contribution in [0.5, 0.6) is 0 Å². The van der Waals surface area contributed by atoms with Crippen molar-refractivity contribution in [2.45, 2.75) is 26.2 Å². The summed E-state index contributed by atoms with van der Waals surface area (Å²) in [7, 11) is 0. The quantitative estimate of drug-likeness (QED) is 0.771. The highest BCUT2D eigenvalue weighted by Crippen LogP contribution is 2.26. The van der Waals surface area contributed by atoms with Gasteiger partial charge in [-0.05, 0) is 37.3 Å². The van der Waals surface area contributed by atoms with Gasteiger partial charge in [0.05, 0.1) is 0 Å². The molecule has 0 bridgehead atoms. The monoisotopic (exact) mass is 217 g/mol. The topological polar surface area (TPSA) is 29.1 Å². The van der Waals surface area contributed by atoms with Crippen LogP contribution in [0.25, 0.3) is 0 Å². The average molecular weight is 217 g/mol. The molecule has 0 spiro atoms. The first kappa shape index (κ1) is 11.3. The number of rotatable bonds is 2. The molecule has 2 rings (SSSR count). The van der Waals surface area contributed by atoms with Crippen molar-refractivity contribution in [3.63, 3.8) is 0 Å². The Balaban J connectivity index is 2.11. The summed E-state index contributed by atoms with van der Waals surface area (Å²) in [5.41, 5.74) is 2.16. The molecule has 1 aromatic carbocycles. The van der Waals surface area contributed by atoms with Crippen LogP contribution in [-0.2, 0) is 0 Å². The molecule has 2 atom stereocenters. The Bertz CT molecular complexity index is 369. The fraction of sp³-hybridized carbons (Fsp3) is 0.500. The number of carbonyl (C=O) groups is 1. The smallest absolute Gasteiger partial charge is 0.159 e. The van der Waals surface area contributed by atoms with Crippen LogP contribution in [-0.4, -0.2) is 18.9 Å². The minimum Gasteiger partial charge on any atom is -0.316 e. The zero-order valence-corrected chi connectivity index (χ0v) is 9.99. The predicted octanol–water partition coefficient (Wildman–Crippen LogP) is 2.60. The third kappa shape index (κ3) is 2.50. The molecule has 0 aliphatic carbocycles. The number of ketones is 1. The molecule has 1 saturated heterocycles. The molecule has 1 N–H and O–H groups in total. The summed E-state index contributed by atoms with van der Waals surface area (Å²) >= 11 is 0. The highest BCUT2D eigenvalue weighted by Gasteiger charge is 2.19. The normalized spacial score (nSPS) is 25.4. The summed E-state index contributed by atoms with van der Waals surface area (Å²) < 4.78 is 0. The number of carbonyl (C=O) groups excluding carboxylic acids is 1. The lowest BCUT2D eigenvalue weighted by Gasteiger charge is -2.28. The van der Waals surface area contributed by atoms with Crippen LogP contribution in [0.15, 0.2) is 24.3 Å². The zero-order chi connectivity index (χ0) is 11.5. The van der Waals surface area contributed by atoms with E-state index in [9.17, 15) is 4.79 Å². The van der Waals surface area contributed by atoms with Gasteiger partial charge in [0.15, 0.2) is 5.78 Å². The Labute approximate surface area is 97.1 Å². The van der Waals surface area contributed by atoms with Crippen molar-refractivity contribution in [1.29, 1.82) is 0 Å². The number of hydrogen-bond acceptors (Lipinski definition) is 2. The summed E-state index contributed by atoms with van der Waals surface area (Å²) in [5.74, 6) is 1.48. The zero-order valence-electron chi connectivity index (χ0n) is 9.99. The highest BCUT2D eigenvalue weighted by atomic mass is 16.1. The molecule has 1 aliphatic heterocycles. The molecule has 1 aromatic rings. The second-order valence-electron chi connectivity index (χ2n) is 4.87. The van der Waals surface area contributed by atoms with Crippen molar-refractivity contribution in [1.82, 2.24) is 5.32 Å². The van der Waals surface area contributed by atoms with Gasteiger partial charge < -0.3 is 5.32 Å². The molecule has 2 heteroatoms. The van der Waals surface area contributed by atoms with Gasteiger partial charge in [-0.1, -0.05) is 31.2 Å². The minimum atomic E-state index is 0.140. The molecule has 16 heavy (non-hydrogen) atoms.